The normalized spacial score (nSPS) is 11.5. The predicted molar refractivity (Wildman–Crippen MR) is 138 cm³/mol. The molecular formula is C29H27ClN2O4. The first-order chi connectivity index (χ1) is 17.6. The van der Waals surface area contributed by atoms with Crippen LogP contribution < -0.4 is 10.1 Å². The first-order valence-corrected chi connectivity index (χ1v) is 12.0. The molecule has 3 aromatic carbocycles. The van der Waals surface area contributed by atoms with E-state index in [1.807, 2.05) is 60.7 Å². The second-order valence-corrected chi connectivity index (χ2v) is 8.64. The third-order valence-electron chi connectivity index (χ3n) is 5.67. The van der Waals surface area contributed by atoms with Crippen molar-refractivity contribution in [2.24, 2.45) is 0 Å². The maximum atomic E-state index is 13.6. The highest BCUT2D eigenvalue weighted by Gasteiger charge is 2.30. The van der Waals surface area contributed by atoms with E-state index in [-0.39, 0.29) is 31.5 Å². The summed E-state index contributed by atoms with van der Waals surface area (Å²) in [4.78, 5) is 28.6. The van der Waals surface area contributed by atoms with Crippen molar-refractivity contribution >= 4 is 23.4 Å². The van der Waals surface area contributed by atoms with Crippen LogP contribution in [0.5, 0.6) is 5.75 Å². The number of halogens is 1. The number of ether oxygens (including phenoxy) is 1. The molecule has 1 N–H and O–H groups in total. The van der Waals surface area contributed by atoms with E-state index in [4.69, 9.17) is 20.8 Å². The van der Waals surface area contributed by atoms with Crippen LogP contribution in [-0.4, -0.2) is 29.4 Å². The van der Waals surface area contributed by atoms with Crippen molar-refractivity contribution in [3.8, 4) is 5.75 Å². The number of benzene rings is 3. The second kappa shape index (κ2) is 12.6. The molecule has 7 heteroatoms. The third kappa shape index (κ3) is 6.99. The Morgan fingerprint density at radius 3 is 2.19 bits per heavy atom. The number of carbonyl (C=O) groups is 2. The molecule has 2 amide bonds. The van der Waals surface area contributed by atoms with E-state index in [0.29, 0.717) is 23.0 Å². The summed E-state index contributed by atoms with van der Waals surface area (Å²) in [7, 11) is 0. The zero-order chi connectivity index (χ0) is 25.2. The molecule has 0 aliphatic heterocycles. The average Bonchev–Trinajstić information content (AvgIpc) is 3.44. The van der Waals surface area contributed by atoms with Crippen LogP contribution in [0.25, 0.3) is 0 Å². The van der Waals surface area contributed by atoms with Crippen molar-refractivity contribution < 1.29 is 18.7 Å². The lowest BCUT2D eigenvalue weighted by Crippen LogP contribution is -2.51. The number of hydrogen-bond donors (Lipinski definition) is 1. The first-order valence-electron chi connectivity index (χ1n) is 11.6. The summed E-state index contributed by atoms with van der Waals surface area (Å²) in [6.07, 6.45) is 1.90. The van der Waals surface area contributed by atoms with Gasteiger partial charge in [0.25, 0.3) is 5.91 Å². The number of nitrogens with one attached hydrogen (secondary N) is 1. The molecule has 0 fully saturated rings. The van der Waals surface area contributed by atoms with Gasteiger partial charge in [-0.15, -0.1) is 0 Å². The predicted octanol–water partition coefficient (Wildman–Crippen LogP) is 5.27. The molecule has 4 rings (SSSR count). The fourth-order valence-corrected chi connectivity index (χ4v) is 4.01. The van der Waals surface area contributed by atoms with Crippen LogP contribution in [0.2, 0.25) is 5.02 Å². The van der Waals surface area contributed by atoms with Crippen LogP contribution in [0.1, 0.15) is 16.9 Å². The highest BCUT2D eigenvalue weighted by Crippen LogP contribution is 2.23. The van der Waals surface area contributed by atoms with Crippen LogP contribution in [0.15, 0.2) is 108 Å². The number of para-hydroxylation sites is 1. The molecule has 1 heterocycles. The number of nitrogens with zero attached hydrogens (tertiary/aromatic N) is 1. The van der Waals surface area contributed by atoms with Gasteiger partial charge in [-0.25, -0.2) is 0 Å². The Bertz CT molecular complexity index is 1250. The van der Waals surface area contributed by atoms with Crippen molar-refractivity contribution in [1.82, 2.24) is 10.2 Å². The van der Waals surface area contributed by atoms with Crippen LogP contribution in [0.4, 0.5) is 0 Å². The first kappa shape index (κ1) is 25.1. The Morgan fingerprint density at radius 2 is 1.53 bits per heavy atom. The number of furan rings is 1. The standard InChI is InChI=1S/C29H27ClN2O4/c30-25-15-7-8-16-27(25)36-21-28(33)32(20-23-12-5-2-6-13-23)26(18-22-10-3-1-4-11-22)29(34)31-19-24-14-9-17-35-24/h1-17,26H,18-21H2,(H,31,34). The summed E-state index contributed by atoms with van der Waals surface area (Å²) in [6, 6.07) is 29.0. The zero-order valence-corrected chi connectivity index (χ0v) is 20.4. The smallest absolute Gasteiger partial charge is 0.261 e. The highest BCUT2D eigenvalue weighted by atomic mass is 35.5. The van der Waals surface area contributed by atoms with E-state index in [1.54, 1.807) is 47.6 Å². The molecule has 1 unspecified atom stereocenters. The Morgan fingerprint density at radius 1 is 0.861 bits per heavy atom. The van der Waals surface area contributed by atoms with Gasteiger partial charge in [-0.2, -0.15) is 0 Å². The number of hydrogen-bond acceptors (Lipinski definition) is 4. The van der Waals surface area contributed by atoms with Gasteiger partial charge in [0, 0.05) is 13.0 Å². The van der Waals surface area contributed by atoms with Crippen LogP contribution in [0.3, 0.4) is 0 Å². The van der Waals surface area contributed by atoms with Gasteiger partial charge >= 0.3 is 0 Å². The molecule has 0 aliphatic carbocycles. The molecule has 6 nitrogen and oxygen atoms in total. The third-order valence-corrected chi connectivity index (χ3v) is 5.98. The lowest BCUT2D eigenvalue weighted by molar-refractivity contribution is -0.142. The molecule has 36 heavy (non-hydrogen) atoms. The van der Waals surface area contributed by atoms with Gasteiger partial charge < -0.3 is 19.4 Å². The molecule has 1 atom stereocenters. The maximum Gasteiger partial charge on any atom is 0.261 e. The molecule has 184 valence electrons. The van der Waals surface area contributed by atoms with Gasteiger partial charge in [0.1, 0.15) is 17.6 Å². The Balaban J connectivity index is 1.59. The van der Waals surface area contributed by atoms with E-state index in [0.717, 1.165) is 11.1 Å². The van der Waals surface area contributed by atoms with Crippen molar-refractivity contribution in [2.45, 2.75) is 25.6 Å². The van der Waals surface area contributed by atoms with E-state index in [2.05, 4.69) is 5.32 Å². The van der Waals surface area contributed by atoms with Gasteiger partial charge in [-0.3, -0.25) is 9.59 Å². The zero-order valence-electron chi connectivity index (χ0n) is 19.7. The van der Waals surface area contributed by atoms with Gasteiger partial charge in [0.15, 0.2) is 6.61 Å². The van der Waals surface area contributed by atoms with Crippen LogP contribution >= 0.6 is 11.6 Å². The highest BCUT2D eigenvalue weighted by molar-refractivity contribution is 6.32. The molecule has 0 radical (unpaired) electrons. The van der Waals surface area contributed by atoms with Gasteiger partial charge in [-0.1, -0.05) is 84.4 Å². The minimum absolute atomic E-state index is 0.223. The monoisotopic (exact) mass is 502 g/mol. The Hall–Kier alpha value is -4.03. The summed E-state index contributed by atoms with van der Waals surface area (Å²) in [5, 5.41) is 3.33. The molecule has 4 aromatic rings. The minimum atomic E-state index is -0.773. The van der Waals surface area contributed by atoms with Gasteiger partial charge in [0.2, 0.25) is 5.91 Å². The number of rotatable bonds is 11. The quantitative estimate of drug-likeness (QED) is 0.303. The fourth-order valence-electron chi connectivity index (χ4n) is 3.82. The molecule has 1 aromatic heterocycles. The number of carbonyl (C=O) groups excluding carboxylic acids is 2. The largest absolute Gasteiger partial charge is 0.482 e. The summed E-state index contributed by atoms with van der Waals surface area (Å²) in [5.41, 5.74) is 1.84. The molecule has 0 bridgehead atoms. The van der Waals surface area contributed by atoms with Crippen LogP contribution in [0, 0.1) is 0 Å². The maximum absolute atomic E-state index is 13.6. The summed E-state index contributed by atoms with van der Waals surface area (Å²) in [5.74, 6) is 0.434. The van der Waals surface area contributed by atoms with Gasteiger partial charge in [-0.05, 0) is 35.4 Å². The van der Waals surface area contributed by atoms with Gasteiger partial charge in [0.05, 0.1) is 17.8 Å². The molecular weight excluding hydrogens is 476 g/mol. The minimum Gasteiger partial charge on any atom is -0.482 e. The van der Waals surface area contributed by atoms with Crippen molar-refractivity contribution in [3.63, 3.8) is 0 Å². The topological polar surface area (TPSA) is 71.8 Å². The molecule has 0 saturated heterocycles. The second-order valence-electron chi connectivity index (χ2n) is 8.23. The van der Waals surface area contributed by atoms with Crippen LogP contribution in [-0.2, 0) is 29.1 Å². The van der Waals surface area contributed by atoms with Crippen molar-refractivity contribution in [1.29, 1.82) is 0 Å². The lowest BCUT2D eigenvalue weighted by atomic mass is 10.0. The van der Waals surface area contributed by atoms with E-state index < -0.39 is 6.04 Å². The Labute approximate surface area is 215 Å². The van der Waals surface area contributed by atoms with Crippen molar-refractivity contribution in [2.75, 3.05) is 6.61 Å². The summed E-state index contributed by atoms with van der Waals surface area (Å²) >= 11 is 6.20. The summed E-state index contributed by atoms with van der Waals surface area (Å²) < 4.78 is 11.1. The van der Waals surface area contributed by atoms with E-state index in [1.165, 1.54) is 0 Å². The SMILES string of the molecule is O=C(NCc1ccco1)C(Cc1ccccc1)N(Cc1ccccc1)C(=O)COc1ccccc1Cl. The lowest BCUT2D eigenvalue weighted by Gasteiger charge is -2.31. The fraction of sp³-hybridized carbons (Fsp3) is 0.172. The number of amides is 2. The molecule has 0 saturated carbocycles. The van der Waals surface area contributed by atoms with Crippen molar-refractivity contribution in [3.05, 3.63) is 125 Å². The van der Waals surface area contributed by atoms with E-state index in [9.17, 15) is 9.59 Å². The molecule has 0 spiro atoms. The Kier molecular flexibility index (Phi) is 8.78. The summed E-state index contributed by atoms with van der Waals surface area (Å²) in [6.45, 7) is 0.213. The molecule has 0 aliphatic rings. The van der Waals surface area contributed by atoms with E-state index >= 15 is 0 Å². The average molecular weight is 503 g/mol.